The Morgan fingerprint density at radius 2 is 1.90 bits per heavy atom. The molecule has 40 heavy (non-hydrogen) atoms. The van der Waals surface area contributed by atoms with E-state index in [1.54, 1.807) is 50.3 Å². The van der Waals surface area contributed by atoms with Gasteiger partial charge in [-0.2, -0.15) is 0 Å². The molecule has 3 heterocycles. The number of thiazole rings is 1. The standard InChI is InChI=1S/C30H28N2O7S/c1-6-13-38-21-12-10-18(15-22(21)36-7-2)24-23-25(33)19-14-16(4)9-11-20(19)39-26(23)28(34)32(24)30-31-17(5)27(40-30)29(35)37-8-3/h6,9-12,14-15,24H,1,7-8,13H2,2-5H3. The molecule has 0 bridgehead atoms. The fourth-order valence-electron chi connectivity index (χ4n) is 4.70. The molecule has 1 atom stereocenters. The summed E-state index contributed by atoms with van der Waals surface area (Å²) < 4.78 is 22.8. The summed E-state index contributed by atoms with van der Waals surface area (Å²) in [6, 6.07) is 9.60. The van der Waals surface area contributed by atoms with Crippen molar-refractivity contribution >= 4 is 39.3 Å². The van der Waals surface area contributed by atoms with Crippen molar-refractivity contribution < 1.29 is 28.2 Å². The molecule has 1 unspecified atom stereocenters. The maximum atomic E-state index is 14.0. The van der Waals surface area contributed by atoms with Crippen LogP contribution in [0.1, 0.15) is 62.5 Å². The molecule has 0 N–H and O–H groups in total. The van der Waals surface area contributed by atoms with E-state index in [4.69, 9.17) is 18.6 Å². The summed E-state index contributed by atoms with van der Waals surface area (Å²) in [5.41, 5.74) is 2.08. The second kappa shape index (κ2) is 11.0. The summed E-state index contributed by atoms with van der Waals surface area (Å²) in [4.78, 5) is 46.7. The molecular weight excluding hydrogens is 532 g/mol. The maximum absolute atomic E-state index is 14.0. The van der Waals surface area contributed by atoms with Crippen molar-refractivity contribution in [2.45, 2.75) is 33.7 Å². The number of aromatic nitrogens is 1. The van der Waals surface area contributed by atoms with E-state index in [0.29, 0.717) is 40.3 Å². The highest BCUT2D eigenvalue weighted by Crippen LogP contribution is 2.45. The van der Waals surface area contributed by atoms with Crippen LogP contribution < -0.4 is 19.8 Å². The summed E-state index contributed by atoms with van der Waals surface area (Å²) in [6.45, 7) is 11.7. The third-order valence-corrected chi connectivity index (χ3v) is 7.55. The van der Waals surface area contributed by atoms with E-state index in [1.165, 1.54) is 4.90 Å². The van der Waals surface area contributed by atoms with Crippen molar-refractivity contribution in [3.63, 3.8) is 0 Å². The fourth-order valence-corrected chi connectivity index (χ4v) is 5.69. The van der Waals surface area contributed by atoms with Crippen molar-refractivity contribution in [3.8, 4) is 11.5 Å². The second-order valence-electron chi connectivity index (χ2n) is 9.12. The molecule has 9 nitrogen and oxygen atoms in total. The van der Waals surface area contributed by atoms with Crippen LogP contribution in [0.15, 0.2) is 58.3 Å². The first-order valence-electron chi connectivity index (χ1n) is 12.8. The molecule has 206 valence electrons. The predicted molar refractivity (Wildman–Crippen MR) is 152 cm³/mol. The molecule has 0 saturated heterocycles. The summed E-state index contributed by atoms with van der Waals surface area (Å²) >= 11 is 1.03. The number of ether oxygens (including phenoxy) is 3. The zero-order valence-corrected chi connectivity index (χ0v) is 23.4. The molecule has 0 fully saturated rings. The molecule has 1 aliphatic rings. The first-order chi connectivity index (χ1) is 19.3. The molecule has 2 aromatic carbocycles. The number of anilines is 1. The normalized spacial score (nSPS) is 14.3. The number of rotatable bonds is 9. The highest BCUT2D eigenvalue weighted by molar-refractivity contribution is 7.17. The monoisotopic (exact) mass is 560 g/mol. The van der Waals surface area contributed by atoms with Gasteiger partial charge >= 0.3 is 5.97 Å². The number of aryl methyl sites for hydroxylation is 2. The Kier molecular flexibility index (Phi) is 7.44. The van der Waals surface area contributed by atoms with E-state index in [2.05, 4.69) is 11.6 Å². The van der Waals surface area contributed by atoms with Crippen LogP contribution in [0.3, 0.4) is 0 Å². The van der Waals surface area contributed by atoms with E-state index in [1.807, 2.05) is 19.9 Å². The topological polar surface area (TPSA) is 108 Å². The number of esters is 1. The zero-order chi connectivity index (χ0) is 28.6. The van der Waals surface area contributed by atoms with E-state index >= 15 is 0 Å². The Hall–Kier alpha value is -4.44. The van der Waals surface area contributed by atoms with Gasteiger partial charge in [-0.1, -0.05) is 41.7 Å². The molecule has 1 amide bonds. The Bertz CT molecular complexity index is 1700. The summed E-state index contributed by atoms with van der Waals surface area (Å²) in [5, 5.41) is 0.614. The number of carbonyl (C=O) groups is 2. The third-order valence-electron chi connectivity index (χ3n) is 6.42. The van der Waals surface area contributed by atoms with Crippen molar-refractivity contribution in [3.05, 3.63) is 92.3 Å². The summed E-state index contributed by atoms with van der Waals surface area (Å²) in [5.74, 6) is -0.179. The zero-order valence-electron chi connectivity index (χ0n) is 22.6. The molecule has 0 saturated carbocycles. The van der Waals surface area contributed by atoms with E-state index in [0.717, 1.165) is 16.9 Å². The summed E-state index contributed by atoms with van der Waals surface area (Å²) in [7, 11) is 0. The number of hydrogen-bond donors (Lipinski definition) is 0. The quantitative estimate of drug-likeness (QED) is 0.188. The predicted octanol–water partition coefficient (Wildman–Crippen LogP) is 5.76. The second-order valence-corrected chi connectivity index (χ2v) is 10.1. The lowest BCUT2D eigenvalue weighted by Crippen LogP contribution is -2.29. The fraction of sp³-hybridized carbons (Fsp3) is 0.267. The molecule has 0 spiro atoms. The highest BCUT2D eigenvalue weighted by atomic mass is 32.1. The maximum Gasteiger partial charge on any atom is 0.350 e. The number of benzene rings is 2. The van der Waals surface area contributed by atoms with Gasteiger partial charge in [0.05, 0.1) is 35.9 Å². The minimum Gasteiger partial charge on any atom is -0.490 e. The molecule has 2 aromatic heterocycles. The van der Waals surface area contributed by atoms with Gasteiger partial charge in [0.2, 0.25) is 5.76 Å². The molecule has 1 aliphatic heterocycles. The minimum atomic E-state index is -0.892. The third kappa shape index (κ3) is 4.64. The first kappa shape index (κ1) is 27.1. The first-order valence-corrected chi connectivity index (χ1v) is 13.7. The van der Waals surface area contributed by atoms with Gasteiger partial charge in [0, 0.05) is 0 Å². The number of carbonyl (C=O) groups excluding carboxylic acids is 2. The Morgan fingerprint density at radius 3 is 2.62 bits per heavy atom. The van der Waals surface area contributed by atoms with Gasteiger partial charge in [0.1, 0.15) is 17.1 Å². The van der Waals surface area contributed by atoms with Gasteiger partial charge in [-0.25, -0.2) is 9.78 Å². The van der Waals surface area contributed by atoms with Crippen LogP contribution in [0.5, 0.6) is 11.5 Å². The Morgan fingerprint density at radius 1 is 1.10 bits per heavy atom. The molecule has 0 aliphatic carbocycles. The minimum absolute atomic E-state index is 0.0677. The molecule has 5 rings (SSSR count). The van der Waals surface area contributed by atoms with Crippen molar-refractivity contribution in [1.82, 2.24) is 4.98 Å². The largest absolute Gasteiger partial charge is 0.490 e. The van der Waals surface area contributed by atoms with E-state index in [-0.39, 0.29) is 40.0 Å². The molecule has 4 aromatic rings. The van der Waals surface area contributed by atoms with Crippen molar-refractivity contribution in [2.75, 3.05) is 24.7 Å². The van der Waals surface area contributed by atoms with Crippen molar-refractivity contribution in [2.24, 2.45) is 0 Å². The molecule has 10 heteroatoms. The molecule has 0 radical (unpaired) electrons. The van der Waals surface area contributed by atoms with E-state index in [9.17, 15) is 14.4 Å². The van der Waals surface area contributed by atoms with Crippen molar-refractivity contribution in [1.29, 1.82) is 0 Å². The van der Waals surface area contributed by atoms with Gasteiger partial charge in [-0.05, 0) is 57.5 Å². The van der Waals surface area contributed by atoms with Gasteiger partial charge in [0.15, 0.2) is 22.1 Å². The highest BCUT2D eigenvalue weighted by Gasteiger charge is 2.45. The average molecular weight is 561 g/mol. The smallest absolute Gasteiger partial charge is 0.350 e. The van der Waals surface area contributed by atoms with Crippen LogP contribution >= 0.6 is 11.3 Å². The number of fused-ring (bicyclic) bond motifs is 2. The Labute approximate surface area is 234 Å². The van der Waals surface area contributed by atoms with E-state index < -0.39 is 17.9 Å². The van der Waals surface area contributed by atoms with Crippen LogP contribution in [0.2, 0.25) is 0 Å². The van der Waals surface area contributed by atoms with Crippen LogP contribution in [0.4, 0.5) is 5.13 Å². The number of hydrogen-bond acceptors (Lipinski definition) is 9. The Balaban J connectivity index is 1.74. The van der Waals surface area contributed by atoms with Crippen LogP contribution in [0, 0.1) is 13.8 Å². The van der Waals surface area contributed by atoms with Crippen LogP contribution in [0.25, 0.3) is 11.0 Å². The average Bonchev–Trinajstić information content (AvgIpc) is 3.46. The number of amides is 1. The van der Waals surface area contributed by atoms with Crippen LogP contribution in [-0.2, 0) is 4.74 Å². The van der Waals surface area contributed by atoms with Gasteiger partial charge < -0.3 is 18.6 Å². The van der Waals surface area contributed by atoms with Gasteiger partial charge in [-0.3, -0.25) is 14.5 Å². The lowest BCUT2D eigenvalue weighted by Gasteiger charge is -2.23. The number of nitrogens with zero attached hydrogens (tertiary/aromatic N) is 2. The van der Waals surface area contributed by atoms with Gasteiger partial charge in [0.25, 0.3) is 5.91 Å². The molecular formula is C30H28N2O7S. The van der Waals surface area contributed by atoms with Crippen LogP contribution in [-0.4, -0.2) is 36.7 Å². The van der Waals surface area contributed by atoms with Gasteiger partial charge in [-0.15, -0.1) is 0 Å². The lowest BCUT2D eigenvalue weighted by atomic mass is 9.98. The lowest BCUT2D eigenvalue weighted by molar-refractivity contribution is 0.0531. The SMILES string of the molecule is C=CCOc1ccc(C2c3c(oc4ccc(C)cc4c3=O)C(=O)N2c2nc(C)c(C(=O)OCC)s2)cc1OCC. The summed E-state index contributed by atoms with van der Waals surface area (Å²) in [6.07, 6.45) is 1.63.